The van der Waals surface area contributed by atoms with E-state index in [0.29, 0.717) is 19.0 Å². The normalized spacial score (nSPS) is 27.4. The quantitative estimate of drug-likeness (QED) is 0.793. The number of nitrogens with two attached hydrogens (primary N) is 1. The molecule has 1 saturated carbocycles. The number of nitrogens with zero attached hydrogens (tertiary/aromatic N) is 1. The van der Waals surface area contributed by atoms with Crippen molar-refractivity contribution >= 4 is 5.91 Å². The fourth-order valence-corrected chi connectivity index (χ4v) is 3.63. The highest BCUT2D eigenvalue weighted by molar-refractivity contribution is 5.76. The third kappa shape index (κ3) is 3.93. The first-order valence-electron chi connectivity index (χ1n) is 7.82. The molecule has 0 bridgehead atoms. The Morgan fingerprint density at radius 3 is 2.63 bits per heavy atom. The average molecular weight is 267 g/mol. The minimum Gasteiger partial charge on any atom is -0.355 e. The summed E-state index contributed by atoms with van der Waals surface area (Å²) >= 11 is 0. The fourth-order valence-electron chi connectivity index (χ4n) is 3.63. The van der Waals surface area contributed by atoms with Gasteiger partial charge in [0.1, 0.15) is 0 Å². The lowest BCUT2D eigenvalue weighted by molar-refractivity contribution is -0.124. The van der Waals surface area contributed by atoms with Gasteiger partial charge in [0.2, 0.25) is 5.91 Å². The van der Waals surface area contributed by atoms with E-state index in [1.165, 1.54) is 32.1 Å². The van der Waals surface area contributed by atoms with Crippen molar-refractivity contribution in [3.8, 4) is 0 Å². The second-order valence-corrected chi connectivity index (χ2v) is 6.52. The minimum absolute atomic E-state index is 0.0872. The molecule has 1 heterocycles. The molecular weight excluding hydrogens is 238 g/mol. The van der Waals surface area contributed by atoms with Crippen LogP contribution in [0.1, 0.15) is 51.4 Å². The van der Waals surface area contributed by atoms with Gasteiger partial charge in [-0.3, -0.25) is 4.79 Å². The zero-order valence-corrected chi connectivity index (χ0v) is 12.3. The Morgan fingerprint density at radius 2 is 2.05 bits per heavy atom. The van der Waals surface area contributed by atoms with Gasteiger partial charge in [-0.2, -0.15) is 0 Å². The summed E-state index contributed by atoms with van der Waals surface area (Å²) in [5.74, 6) is 0.202. The molecule has 1 atom stereocenters. The maximum Gasteiger partial charge on any atom is 0.220 e. The second-order valence-electron chi connectivity index (χ2n) is 6.52. The average Bonchev–Trinajstić information content (AvgIpc) is 2.83. The summed E-state index contributed by atoms with van der Waals surface area (Å²) in [6.07, 6.45) is 9.10. The number of amides is 1. The molecule has 0 aromatic heterocycles. The van der Waals surface area contributed by atoms with E-state index in [-0.39, 0.29) is 11.3 Å². The maximum atomic E-state index is 12.2. The monoisotopic (exact) mass is 267 g/mol. The summed E-state index contributed by atoms with van der Waals surface area (Å²) in [6, 6.07) is 0.532. The van der Waals surface area contributed by atoms with Gasteiger partial charge in [0.05, 0.1) is 0 Å². The maximum absolute atomic E-state index is 12.2. The molecule has 2 rings (SSSR count). The molecule has 2 fully saturated rings. The highest BCUT2D eigenvalue weighted by Gasteiger charge is 2.33. The van der Waals surface area contributed by atoms with Gasteiger partial charge >= 0.3 is 0 Å². The number of hydrogen-bond acceptors (Lipinski definition) is 3. The molecule has 0 radical (unpaired) electrons. The van der Waals surface area contributed by atoms with Crippen molar-refractivity contribution < 1.29 is 4.79 Å². The SMILES string of the molecule is CN1CCCC1CNC(=O)CC1(CN)CCCCC1. The lowest BCUT2D eigenvalue weighted by Gasteiger charge is -2.35. The number of hydrogen-bond donors (Lipinski definition) is 2. The van der Waals surface area contributed by atoms with Gasteiger partial charge < -0.3 is 16.0 Å². The van der Waals surface area contributed by atoms with Crippen LogP contribution in [0.25, 0.3) is 0 Å². The molecule has 110 valence electrons. The first kappa shape index (κ1) is 14.8. The molecule has 4 nitrogen and oxygen atoms in total. The molecule has 0 aromatic carbocycles. The van der Waals surface area contributed by atoms with E-state index in [2.05, 4.69) is 17.3 Å². The van der Waals surface area contributed by atoms with Gasteiger partial charge in [0, 0.05) is 19.0 Å². The number of rotatable bonds is 5. The van der Waals surface area contributed by atoms with Gasteiger partial charge in [-0.25, -0.2) is 0 Å². The molecule has 19 heavy (non-hydrogen) atoms. The van der Waals surface area contributed by atoms with Crippen LogP contribution in [0.5, 0.6) is 0 Å². The van der Waals surface area contributed by atoms with Crippen LogP contribution < -0.4 is 11.1 Å². The molecule has 4 heteroatoms. The van der Waals surface area contributed by atoms with Crippen LogP contribution in [-0.4, -0.2) is 43.5 Å². The molecule has 1 aliphatic carbocycles. The van der Waals surface area contributed by atoms with Crippen LogP contribution in [-0.2, 0) is 4.79 Å². The van der Waals surface area contributed by atoms with Crippen molar-refractivity contribution in [2.45, 2.75) is 57.4 Å². The Balaban J connectivity index is 1.76. The molecule has 3 N–H and O–H groups in total. The smallest absolute Gasteiger partial charge is 0.220 e. The van der Waals surface area contributed by atoms with E-state index in [1.807, 2.05) is 0 Å². The van der Waals surface area contributed by atoms with Gasteiger partial charge in [-0.05, 0) is 51.2 Å². The van der Waals surface area contributed by atoms with Crippen LogP contribution in [0.3, 0.4) is 0 Å². The van der Waals surface area contributed by atoms with E-state index in [9.17, 15) is 4.79 Å². The first-order valence-corrected chi connectivity index (χ1v) is 7.82. The van der Waals surface area contributed by atoms with Gasteiger partial charge in [-0.15, -0.1) is 0 Å². The van der Waals surface area contributed by atoms with Crippen LogP contribution in [0.2, 0.25) is 0 Å². The molecule has 0 aromatic rings. The first-order chi connectivity index (χ1) is 9.15. The second kappa shape index (κ2) is 6.71. The summed E-state index contributed by atoms with van der Waals surface area (Å²) in [7, 11) is 2.15. The highest BCUT2D eigenvalue weighted by atomic mass is 16.1. The number of likely N-dealkylation sites (tertiary alicyclic amines) is 1. The van der Waals surface area contributed by atoms with E-state index in [4.69, 9.17) is 5.73 Å². The van der Waals surface area contributed by atoms with Gasteiger partial charge in [0.15, 0.2) is 0 Å². The van der Waals surface area contributed by atoms with Crippen LogP contribution in [0.4, 0.5) is 0 Å². The van der Waals surface area contributed by atoms with Crippen LogP contribution >= 0.6 is 0 Å². The predicted molar refractivity (Wildman–Crippen MR) is 77.9 cm³/mol. The van der Waals surface area contributed by atoms with Crippen molar-refractivity contribution in [2.24, 2.45) is 11.1 Å². The lowest BCUT2D eigenvalue weighted by Crippen LogP contribution is -2.42. The Kier molecular flexibility index (Phi) is 5.22. The largest absolute Gasteiger partial charge is 0.355 e. The summed E-state index contributed by atoms with van der Waals surface area (Å²) in [6.45, 7) is 2.62. The van der Waals surface area contributed by atoms with Gasteiger partial charge in [-0.1, -0.05) is 19.3 Å². The molecule has 1 unspecified atom stereocenters. The lowest BCUT2D eigenvalue weighted by atomic mass is 9.71. The molecular formula is C15H29N3O. The predicted octanol–water partition coefficient (Wildman–Crippen LogP) is 1.50. The number of carbonyl (C=O) groups excluding carboxylic acids is 1. The number of carbonyl (C=O) groups is 1. The molecule has 2 aliphatic rings. The molecule has 0 spiro atoms. The molecule has 1 saturated heterocycles. The Labute approximate surface area is 117 Å². The number of nitrogens with one attached hydrogen (secondary N) is 1. The standard InChI is InChI=1S/C15H29N3O/c1-18-9-5-6-13(18)11-17-14(19)10-15(12-16)7-3-2-4-8-15/h13H,2-12,16H2,1H3,(H,17,19). The van der Waals surface area contributed by atoms with E-state index in [1.54, 1.807) is 0 Å². The molecule has 1 amide bonds. The third-order valence-electron chi connectivity index (χ3n) is 5.09. The minimum atomic E-state index is 0.0872. The summed E-state index contributed by atoms with van der Waals surface area (Å²) in [5, 5.41) is 3.13. The zero-order valence-electron chi connectivity index (χ0n) is 12.3. The fraction of sp³-hybridized carbons (Fsp3) is 0.933. The van der Waals surface area contributed by atoms with Gasteiger partial charge in [0.25, 0.3) is 0 Å². The van der Waals surface area contributed by atoms with E-state index in [0.717, 1.165) is 25.9 Å². The van der Waals surface area contributed by atoms with Crippen molar-refractivity contribution in [1.82, 2.24) is 10.2 Å². The highest BCUT2D eigenvalue weighted by Crippen LogP contribution is 2.38. The molecule has 1 aliphatic heterocycles. The Hall–Kier alpha value is -0.610. The Morgan fingerprint density at radius 1 is 1.32 bits per heavy atom. The summed E-state index contributed by atoms with van der Waals surface area (Å²) in [5.41, 5.74) is 6.03. The topological polar surface area (TPSA) is 58.4 Å². The zero-order chi connectivity index (χ0) is 13.7. The number of likely N-dealkylation sites (N-methyl/N-ethyl adjacent to an activating group) is 1. The summed E-state index contributed by atoms with van der Waals surface area (Å²) < 4.78 is 0. The van der Waals surface area contributed by atoms with Crippen LogP contribution in [0.15, 0.2) is 0 Å². The van der Waals surface area contributed by atoms with Crippen molar-refractivity contribution in [3.05, 3.63) is 0 Å². The summed E-state index contributed by atoms with van der Waals surface area (Å²) in [4.78, 5) is 14.5. The van der Waals surface area contributed by atoms with Crippen LogP contribution in [0, 0.1) is 5.41 Å². The van der Waals surface area contributed by atoms with Crippen molar-refractivity contribution in [2.75, 3.05) is 26.7 Å². The van der Waals surface area contributed by atoms with E-state index >= 15 is 0 Å². The third-order valence-corrected chi connectivity index (χ3v) is 5.09. The Bertz CT molecular complexity index is 300. The van der Waals surface area contributed by atoms with Crippen molar-refractivity contribution in [3.63, 3.8) is 0 Å². The van der Waals surface area contributed by atoms with Crippen molar-refractivity contribution in [1.29, 1.82) is 0 Å². The van der Waals surface area contributed by atoms with E-state index < -0.39 is 0 Å².